The minimum atomic E-state index is 0.366. The highest BCUT2D eigenvalue weighted by Gasteiger charge is 2.44. The van der Waals surface area contributed by atoms with Gasteiger partial charge in [0.25, 0.3) is 0 Å². The number of nitrogens with one attached hydrogen (secondary N) is 1. The zero-order chi connectivity index (χ0) is 23.1. The Balaban J connectivity index is 1.30. The normalized spacial score (nSPS) is 19.6. The fourth-order valence-corrected chi connectivity index (χ4v) is 5.32. The standard InChI is InChI=1S/C25H31N7O2/c1-3-34-23-20(12-18-14-31(2)9-5-19(18)28-23)29-24-27-13-17-4-8-26-22(21(17)30-24)32-15-25(16-32)6-10-33-11-7-25/h4,8,12-13H,3,5-7,9-11,14-16H2,1-2H3,(H,27,29,30). The molecule has 1 N–H and O–H groups in total. The van der Waals surface area contributed by atoms with E-state index < -0.39 is 0 Å². The molecule has 9 heteroatoms. The number of rotatable bonds is 5. The van der Waals surface area contributed by atoms with Crippen LogP contribution < -0.4 is 15.0 Å². The van der Waals surface area contributed by atoms with Gasteiger partial charge in [-0.05, 0) is 44.5 Å². The van der Waals surface area contributed by atoms with Crippen molar-refractivity contribution in [3.63, 3.8) is 0 Å². The summed E-state index contributed by atoms with van der Waals surface area (Å²) in [6.07, 6.45) is 6.88. The molecule has 2 fully saturated rings. The van der Waals surface area contributed by atoms with Crippen LogP contribution in [-0.4, -0.2) is 71.3 Å². The minimum Gasteiger partial charge on any atom is -0.476 e. The van der Waals surface area contributed by atoms with Crippen LogP contribution in [0.1, 0.15) is 31.0 Å². The van der Waals surface area contributed by atoms with Crippen LogP contribution in [0, 0.1) is 5.41 Å². The molecule has 6 rings (SSSR count). The molecule has 0 atom stereocenters. The molecule has 0 saturated carbocycles. The molecule has 3 aliphatic heterocycles. The second-order valence-corrected chi connectivity index (χ2v) is 9.73. The summed E-state index contributed by atoms with van der Waals surface area (Å²) in [5.74, 6) is 2.05. The second kappa shape index (κ2) is 8.63. The van der Waals surface area contributed by atoms with Gasteiger partial charge in [0, 0.05) is 69.0 Å². The number of ether oxygens (including phenoxy) is 2. The van der Waals surface area contributed by atoms with Crippen molar-refractivity contribution in [1.82, 2.24) is 24.8 Å². The summed E-state index contributed by atoms with van der Waals surface area (Å²) in [6, 6.07) is 4.10. The SMILES string of the molecule is CCOc1nc2c(cc1Nc1ncc3ccnc(N4CC5(CCOCC5)C4)c3n1)CN(C)CC2. The molecule has 1 spiro atoms. The van der Waals surface area contributed by atoms with Gasteiger partial charge in [-0.15, -0.1) is 0 Å². The van der Waals surface area contributed by atoms with Crippen LogP contribution in [0.3, 0.4) is 0 Å². The highest BCUT2D eigenvalue weighted by molar-refractivity contribution is 5.89. The number of fused-ring (bicyclic) bond motifs is 2. The number of anilines is 3. The maximum absolute atomic E-state index is 5.87. The maximum Gasteiger partial charge on any atom is 0.238 e. The van der Waals surface area contributed by atoms with E-state index in [0.717, 1.165) is 86.8 Å². The lowest BCUT2D eigenvalue weighted by Gasteiger charge is -2.52. The molecule has 34 heavy (non-hydrogen) atoms. The summed E-state index contributed by atoms with van der Waals surface area (Å²) in [5.41, 5.74) is 4.35. The fourth-order valence-electron chi connectivity index (χ4n) is 5.32. The molecule has 3 aromatic rings. The van der Waals surface area contributed by atoms with Crippen molar-refractivity contribution < 1.29 is 9.47 Å². The molecule has 6 heterocycles. The predicted octanol–water partition coefficient (Wildman–Crippen LogP) is 3.17. The van der Waals surface area contributed by atoms with Gasteiger partial charge in [0.05, 0.1) is 12.3 Å². The smallest absolute Gasteiger partial charge is 0.238 e. The lowest BCUT2D eigenvalue weighted by molar-refractivity contribution is -0.000364. The van der Waals surface area contributed by atoms with Gasteiger partial charge in [0.2, 0.25) is 11.8 Å². The van der Waals surface area contributed by atoms with Crippen LogP contribution in [-0.2, 0) is 17.7 Å². The number of hydrogen-bond donors (Lipinski definition) is 1. The molecule has 0 bridgehead atoms. The van der Waals surface area contributed by atoms with E-state index in [2.05, 4.69) is 33.2 Å². The summed E-state index contributed by atoms with van der Waals surface area (Å²) in [7, 11) is 2.13. The van der Waals surface area contributed by atoms with Crippen molar-refractivity contribution >= 4 is 28.4 Å². The number of hydrogen-bond acceptors (Lipinski definition) is 9. The monoisotopic (exact) mass is 461 g/mol. The van der Waals surface area contributed by atoms with Crippen LogP contribution in [0.5, 0.6) is 5.88 Å². The van der Waals surface area contributed by atoms with Crippen molar-refractivity contribution in [2.75, 3.05) is 56.7 Å². The second-order valence-electron chi connectivity index (χ2n) is 9.73. The maximum atomic E-state index is 5.87. The fraction of sp³-hybridized carbons (Fsp3) is 0.520. The minimum absolute atomic E-state index is 0.366. The van der Waals surface area contributed by atoms with Gasteiger partial charge in [-0.1, -0.05) is 0 Å². The molecule has 0 radical (unpaired) electrons. The quantitative estimate of drug-likeness (QED) is 0.615. The first kappa shape index (κ1) is 21.5. The average Bonchev–Trinajstić information content (AvgIpc) is 2.83. The van der Waals surface area contributed by atoms with E-state index in [0.29, 0.717) is 23.9 Å². The summed E-state index contributed by atoms with van der Waals surface area (Å²) in [6.45, 7) is 8.14. The van der Waals surface area contributed by atoms with Gasteiger partial charge in [-0.2, -0.15) is 0 Å². The molecule has 0 aromatic carbocycles. The van der Waals surface area contributed by atoms with Gasteiger partial charge in [0.1, 0.15) is 11.2 Å². The Morgan fingerprint density at radius 3 is 2.85 bits per heavy atom. The van der Waals surface area contributed by atoms with Crippen LogP contribution in [0.15, 0.2) is 24.5 Å². The van der Waals surface area contributed by atoms with Gasteiger partial charge in [-0.3, -0.25) is 0 Å². The van der Waals surface area contributed by atoms with E-state index in [4.69, 9.17) is 24.4 Å². The summed E-state index contributed by atoms with van der Waals surface area (Å²) < 4.78 is 11.4. The largest absolute Gasteiger partial charge is 0.476 e. The van der Waals surface area contributed by atoms with Crippen LogP contribution in [0.2, 0.25) is 0 Å². The molecule has 9 nitrogen and oxygen atoms in total. The van der Waals surface area contributed by atoms with Crippen molar-refractivity contribution in [3.8, 4) is 5.88 Å². The van der Waals surface area contributed by atoms with Crippen molar-refractivity contribution in [1.29, 1.82) is 0 Å². The van der Waals surface area contributed by atoms with Crippen molar-refractivity contribution in [3.05, 3.63) is 35.8 Å². The number of aromatic nitrogens is 4. The first-order valence-electron chi connectivity index (χ1n) is 12.2. The van der Waals surface area contributed by atoms with E-state index in [9.17, 15) is 0 Å². The zero-order valence-electron chi connectivity index (χ0n) is 19.9. The summed E-state index contributed by atoms with van der Waals surface area (Å²) >= 11 is 0. The van der Waals surface area contributed by atoms with E-state index in [1.165, 1.54) is 5.56 Å². The lowest BCUT2D eigenvalue weighted by atomic mass is 9.73. The van der Waals surface area contributed by atoms with E-state index in [1.54, 1.807) is 0 Å². The van der Waals surface area contributed by atoms with E-state index >= 15 is 0 Å². The summed E-state index contributed by atoms with van der Waals surface area (Å²) in [5, 5.41) is 4.37. The van der Waals surface area contributed by atoms with Gasteiger partial charge in [0.15, 0.2) is 5.82 Å². The number of pyridine rings is 2. The Hall–Kier alpha value is -3.04. The molecular weight excluding hydrogens is 430 g/mol. The van der Waals surface area contributed by atoms with Crippen LogP contribution in [0.25, 0.3) is 10.9 Å². The third kappa shape index (κ3) is 3.92. The first-order chi connectivity index (χ1) is 16.6. The van der Waals surface area contributed by atoms with Crippen molar-refractivity contribution in [2.45, 2.75) is 32.7 Å². The molecular formula is C25H31N7O2. The van der Waals surface area contributed by atoms with Gasteiger partial charge >= 0.3 is 0 Å². The topological polar surface area (TPSA) is 88.5 Å². The molecule has 3 aromatic heterocycles. The molecule has 3 aliphatic rings. The Morgan fingerprint density at radius 2 is 2.03 bits per heavy atom. The predicted molar refractivity (Wildman–Crippen MR) is 131 cm³/mol. The van der Waals surface area contributed by atoms with Crippen molar-refractivity contribution in [2.24, 2.45) is 5.41 Å². The lowest BCUT2D eigenvalue weighted by Crippen LogP contribution is -2.58. The zero-order valence-corrected chi connectivity index (χ0v) is 19.9. The Morgan fingerprint density at radius 1 is 1.18 bits per heavy atom. The Bertz CT molecular complexity index is 1200. The number of nitrogens with zero attached hydrogens (tertiary/aromatic N) is 6. The van der Waals surface area contributed by atoms with Crippen LogP contribution in [0.4, 0.5) is 17.5 Å². The average molecular weight is 462 g/mol. The highest BCUT2D eigenvalue weighted by Crippen LogP contribution is 2.43. The van der Waals surface area contributed by atoms with E-state index in [1.807, 2.05) is 25.4 Å². The van der Waals surface area contributed by atoms with Gasteiger partial charge in [-0.25, -0.2) is 19.9 Å². The summed E-state index contributed by atoms with van der Waals surface area (Å²) in [4.78, 5) is 23.6. The molecule has 178 valence electrons. The van der Waals surface area contributed by atoms with Gasteiger partial charge < -0.3 is 24.6 Å². The number of likely N-dealkylation sites (N-methyl/N-ethyl adjacent to an activating group) is 1. The molecule has 0 unspecified atom stereocenters. The highest BCUT2D eigenvalue weighted by atomic mass is 16.5. The molecule has 0 amide bonds. The third-order valence-electron chi connectivity index (χ3n) is 7.24. The Kier molecular flexibility index (Phi) is 5.45. The molecule has 2 saturated heterocycles. The first-order valence-corrected chi connectivity index (χ1v) is 12.2. The van der Waals surface area contributed by atoms with Crippen LogP contribution >= 0.6 is 0 Å². The Labute approximate surface area is 199 Å². The molecule has 0 aliphatic carbocycles. The van der Waals surface area contributed by atoms with E-state index in [-0.39, 0.29) is 0 Å². The third-order valence-corrected chi connectivity index (χ3v) is 7.24.